The summed E-state index contributed by atoms with van der Waals surface area (Å²) in [6.45, 7) is 10.8. The van der Waals surface area contributed by atoms with Crippen LogP contribution in [0.4, 0.5) is 0 Å². The molecule has 244 valence electrons. The number of aliphatic hydroxyl groups excluding tert-OH is 1. The van der Waals surface area contributed by atoms with Crippen LogP contribution in [0.3, 0.4) is 0 Å². The van der Waals surface area contributed by atoms with E-state index in [9.17, 15) is 24.3 Å². The number of allylic oxidation sites excluding steroid dienone is 1. The molecule has 10 nitrogen and oxygen atoms in total. The zero-order chi connectivity index (χ0) is 32.6. The van der Waals surface area contributed by atoms with E-state index in [1.165, 1.54) is 4.90 Å². The number of carbonyl (C=O) groups excluding carboxylic acids is 4. The van der Waals surface area contributed by atoms with Crippen molar-refractivity contribution >= 4 is 23.7 Å². The van der Waals surface area contributed by atoms with Crippen molar-refractivity contribution < 1.29 is 33.8 Å². The van der Waals surface area contributed by atoms with Gasteiger partial charge in [0.2, 0.25) is 17.7 Å². The number of benzene rings is 1. The second kappa shape index (κ2) is 12.7. The van der Waals surface area contributed by atoms with Crippen LogP contribution in [-0.2, 0) is 28.7 Å². The SMILES string of the molecule is CC(C)(C)CC(C)(C)N1CC=C[C@]23O[C@@H]4/C=C\CCC(=O)OC[C@@H](c5ccccc5)NC(=O)[C@@H]4[C@H]2C(=O)N(CCCO)[C@@H]3C1=O. The number of rotatable bonds is 6. The Hall–Kier alpha value is -3.50. The molecule has 0 saturated carbocycles. The number of nitrogens with one attached hydrogen (secondary N) is 1. The highest BCUT2D eigenvalue weighted by Gasteiger charge is 2.71. The lowest BCUT2D eigenvalue weighted by atomic mass is 9.77. The maximum Gasteiger partial charge on any atom is 0.306 e. The van der Waals surface area contributed by atoms with Gasteiger partial charge in [0.1, 0.15) is 18.2 Å². The highest BCUT2D eigenvalue weighted by atomic mass is 16.5. The van der Waals surface area contributed by atoms with Crippen molar-refractivity contribution in [1.82, 2.24) is 15.1 Å². The fourth-order valence-corrected chi connectivity index (χ4v) is 7.86. The number of fused-ring (bicyclic) bond motifs is 2. The molecule has 0 aromatic heterocycles. The van der Waals surface area contributed by atoms with E-state index in [2.05, 4.69) is 26.1 Å². The molecule has 0 aliphatic carbocycles. The lowest BCUT2D eigenvalue weighted by molar-refractivity contribution is -0.152. The van der Waals surface area contributed by atoms with Crippen LogP contribution in [0.1, 0.15) is 71.9 Å². The molecule has 0 bridgehead atoms. The van der Waals surface area contributed by atoms with Crippen molar-refractivity contribution in [2.75, 3.05) is 26.3 Å². The summed E-state index contributed by atoms with van der Waals surface area (Å²) in [4.78, 5) is 59.3. The molecule has 6 atom stereocenters. The normalized spacial score (nSPS) is 31.6. The summed E-state index contributed by atoms with van der Waals surface area (Å²) in [6.07, 6.45) is 8.00. The van der Waals surface area contributed by atoms with Gasteiger partial charge in [-0.25, -0.2) is 0 Å². The molecule has 4 heterocycles. The lowest BCUT2D eigenvalue weighted by Crippen LogP contribution is -2.60. The van der Waals surface area contributed by atoms with Gasteiger partial charge in [0.15, 0.2) is 0 Å². The van der Waals surface area contributed by atoms with E-state index < -0.39 is 47.1 Å². The number of amides is 3. The van der Waals surface area contributed by atoms with E-state index in [1.807, 2.05) is 61.2 Å². The van der Waals surface area contributed by atoms with Gasteiger partial charge in [0.25, 0.3) is 0 Å². The van der Waals surface area contributed by atoms with E-state index in [4.69, 9.17) is 9.47 Å². The van der Waals surface area contributed by atoms with E-state index in [-0.39, 0.29) is 55.8 Å². The number of likely N-dealkylation sites (tertiary alicyclic amines) is 1. The molecule has 1 spiro atoms. The summed E-state index contributed by atoms with van der Waals surface area (Å²) in [7, 11) is 0. The number of carbonyl (C=O) groups is 4. The molecule has 2 fully saturated rings. The monoisotopic (exact) mass is 621 g/mol. The first-order chi connectivity index (χ1) is 21.3. The Balaban J connectivity index is 1.58. The van der Waals surface area contributed by atoms with Crippen LogP contribution in [-0.4, -0.2) is 88.2 Å². The predicted octanol–water partition coefficient (Wildman–Crippen LogP) is 3.31. The first-order valence-electron chi connectivity index (χ1n) is 16.0. The molecule has 1 aromatic rings. The minimum absolute atomic E-state index is 0.0538. The molecule has 2 N–H and O–H groups in total. The smallest absolute Gasteiger partial charge is 0.306 e. The number of aliphatic hydroxyl groups is 1. The molecule has 4 aliphatic heterocycles. The third-order valence-corrected chi connectivity index (χ3v) is 9.32. The van der Waals surface area contributed by atoms with Crippen molar-refractivity contribution in [3.8, 4) is 0 Å². The Morgan fingerprint density at radius 2 is 1.76 bits per heavy atom. The number of cyclic esters (lactones) is 1. The summed E-state index contributed by atoms with van der Waals surface area (Å²) >= 11 is 0. The van der Waals surface area contributed by atoms with Crippen LogP contribution in [0, 0.1) is 17.3 Å². The fraction of sp³-hybridized carbons (Fsp3) is 0.600. The highest BCUT2D eigenvalue weighted by molar-refractivity contribution is 6.00. The number of hydrogen-bond donors (Lipinski definition) is 2. The molecule has 0 radical (unpaired) electrons. The van der Waals surface area contributed by atoms with E-state index in [0.717, 1.165) is 12.0 Å². The van der Waals surface area contributed by atoms with Crippen LogP contribution in [0.15, 0.2) is 54.6 Å². The summed E-state index contributed by atoms with van der Waals surface area (Å²) in [5, 5.41) is 12.8. The van der Waals surface area contributed by atoms with Gasteiger partial charge in [-0.2, -0.15) is 0 Å². The molecule has 5 rings (SSSR count). The molecule has 4 aliphatic rings. The zero-order valence-electron chi connectivity index (χ0n) is 27.0. The molecule has 45 heavy (non-hydrogen) atoms. The molecular formula is C35H47N3O7. The van der Waals surface area contributed by atoms with Crippen LogP contribution < -0.4 is 5.32 Å². The van der Waals surface area contributed by atoms with Gasteiger partial charge in [0, 0.05) is 31.7 Å². The van der Waals surface area contributed by atoms with Crippen molar-refractivity contribution in [2.45, 2.75) is 89.6 Å². The largest absolute Gasteiger partial charge is 0.463 e. The van der Waals surface area contributed by atoms with Crippen molar-refractivity contribution in [1.29, 1.82) is 0 Å². The maximum atomic E-state index is 14.7. The average molecular weight is 622 g/mol. The fourth-order valence-electron chi connectivity index (χ4n) is 7.86. The van der Waals surface area contributed by atoms with E-state index in [0.29, 0.717) is 13.0 Å². The Labute approximate surface area is 265 Å². The Bertz CT molecular complexity index is 1350. The maximum absolute atomic E-state index is 14.7. The number of esters is 1. The first-order valence-corrected chi connectivity index (χ1v) is 16.0. The zero-order valence-corrected chi connectivity index (χ0v) is 27.0. The van der Waals surface area contributed by atoms with Gasteiger partial charge >= 0.3 is 5.97 Å². The predicted molar refractivity (Wildman–Crippen MR) is 167 cm³/mol. The van der Waals surface area contributed by atoms with Gasteiger partial charge in [-0.1, -0.05) is 75.4 Å². The summed E-state index contributed by atoms with van der Waals surface area (Å²) in [5.74, 6) is -3.27. The number of hydrogen-bond acceptors (Lipinski definition) is 7. The van der Waals surface area contributed by atoms with E-state index in [1.54, 1.807) is 12.2 Å². The van der Waals surface area contributed by atoms with Gasteiger partial charge < -0.3 is 29.7 Å². The molecule has 0 unspecified atom stereocenters. The quantitative estimate of drug-likeness (QED) is 0.369. The summed E-state index contributed by atoms with van der Waals surface area (Å²) < 4.78 is 12.3. The topological polar surface area (TPSA) is 125 Å². The van der Waals surface area contributed by atoms with Crippen molar-refractivity contribution in [3.05, 3.63) is 60.2 Å². The molecule has 1 aromatic carbocycles. The first kappa shape index (κ1) is 32.9. The van der Waals surface area contributed by atoms with Gasteiger partial charge in [-0.3, -0.25) is 19.2 Å². The van der Waals surface area contributed by atoms with E-state index >= 15 is 0 Å². The van der Waals surface area contributed by atoms with Crippen molar-refractivity contribution in [3.63, 3.8) is 0 Å². The van der Waals surface area contributed by atoms with Gasteiger partial charge in [-0.15, -0.1) is 0 Å². The summed E-state index contributed by atoms with van der Waals surface area (Å²) in [6, 6.07) is 7.61. The molecular weight excluding hydrogens is 574 g/mol. The number of nitrogens with zero attached hydrogens (tertiary/aromatic N) is 2. The van der Waals surface area contributed by atoms with Crippen LogP contribution in [0.25, 0.3) is 0 Å². The van der Waals surface area contributed by atoms with Gasteiger partial charge in [0.05, 0.1) is 24.0 Å². The Morgan fingerprint density at radius 1 is 1.02 bits per heavy atom. The lowest BCUT2D eigenvalue weighted by Gasteiger charge is -2.44. The second-order valence-corrected chi connectivity index (χ2v) is 14.5. The third-order valence-electron chi connectivity index (χ3n) is 9.32. The average Bonchev–Trinajstić information content (AvgIpc) is 3.34. The molecule has 10 heteroatoms. The Morgan fingerprint density at radius 3 is 2.44 bits per heavy atom. The standard InChI is InChI=1S/C35H47N3O7/c1-33(2,3)22-34(4,5)38-19-11-17-35-28(31(42)37(18-12-20-39)29(35)32(38)43)27-25(45-35)15-9-10-16-26(40)44-21-24(36-30(27)41)23-13-7-6-8-14-23/h6-9,11,13-15,17,24-25,27-29,39H,10,12,16,18-22H2,1-5H3,(H,36,41)/b15-9-/t24-,25+,27-,28-,29+,35-/m0/s1. The summed E-state index contributed by atoms with van der Waals surface area (Å²) in [5.41, 5.74) is -1.22. The second-order valence-electron chi connectivity index (χ2n) is 14.5. The highest BCUT2D eigenvalue weighted by Crippen LogP contribution is 2.53. The third kappa shape index (κ3) is 6.45. The van der Waals surface area contributed by atoms with Crippen molar-refractivity contribution in [2.24, 2.45) is 17.3 Å². The minimum Gasteiger partial charge on any atom is -0.463 e. The molecule has 2 saturated heterocycles. The molecule has 3 amide bonds. The van der Waals surface area contributed by atoms with Gasteiger partial charge in [-0.05, 0) is 44.1 Å². The van der Waals surface area contributed by atoms with Crippen LogP contribution in [0.2, 0.25) is 0 Å². The Kier molecular flexibility index (Phi) is 9.29. The minimum atomic E-state index is -1.39. The van der Waals surface area contributed by atoms with Crippen LogP contribution in [0.5, 0.6) is 0 Å². The number of ether oxygens (including phenoxy) is 2. The van der Waals surface area contributed by atoms with Crippen LogP contribution >= 0.6 is 0 Å².